The molecule has 0 fully saturated rings. The fourth-order valence-corrected chi connectivity index (χ4v) is 2.21. The van der Waals surface area contributed by atoms with Gasteiger partial charge in [0.25, 0.3) is 0 Å². The third-order valence-electron chi connectivity index (χ3n) is 3.17. The molecule has 0 heterocycles. The molecule has 15 heavy (non-hydrogen) atoms. The quantitative estimate of drug-likeness (QED) is 0.638. The van der Waals surface area contributed by atoms with Gasteiger partial charge in [-0.3, -0.25) is 4.79 Å². The van der Waals surface area contributed by atoms with Gasteiger partial charge in [-0.15, -0.1) is 0 Å². The van der Waals surface area contributed by atoms with Crippen LogP contribution in [0.25, 0.3) is 0 Å². The highest BCUT2D eigenvalue weighted by atomic mass is 16.1. The molecule has 1 aliphatic rings. The van der Waals surface area contributed by atoms with Crippen LogP contribution < -0.4 is 0 Å². The van der Waals surface area contributed by atoms with Crippen molar-refractivity contribution in [1.29, 1.82) is 0 Å². The summed E-state index contributed by atoms with van der Waals surface area (Å²) < 4.78 is 0. The monoisotopic (exact) mass is 204 g/mol. The van der Waals surface area contributed by atoms with Crippen molar-refractivity contribution in [3.8, 4) is 0 Å². The molecule has 0 aromatic heterocycles. The van der Waals surface area contributed by atoms with Crippen LogP contribution in [0.4, 0.5) is 0 Å². The summed E-state index contributed by atoms with van der Waals surface area (Å²) >= 11 is 0. The summed E-state index contributed by atoms with van der Waals surface area (Å²) in [4.78, 5) is 11.8. The largest absolute Gasteiger partial charge is 0.295 e. The molecule has 0 saturated heterocycles. The summed E-state index contributed by atoms with van der Waals surface area (Å²) in [6.07, 6.45) is 7.12. The van der Waals surface area contributed by atoms with Gasteiger partial charge in [-0.2, -0.15) is 0 Å². The van der Waals surface area contributed by atoms with Crippen molar-refractivity contribution in [3.63, 3.8) is 0 Å². The van der Waals surface area contributed by atoms with E-state index in [1.165, 1.54) is 5.57 Å². The van der Waals surface area contributed by atoms with Gasteiger partial charge in [0.15, 0.2) is 5.78 Å². The molecule has 0 aliphatic heterocycles. The van der Waals surface area contributed by atoms with Crippen molar-refractivity contribution >= 4 is 5.78 Å². The number of rotatable bonds is 4. The molecule has 0 radical (unpaired) electrons. The van der Waals surface area contributed by atoms with E-state index >= 15 is 0 Å². The fourth-order valence-electron chi connectivity index (χ4n) is 2.21. The molecule has 1 rings (SSSR count). The third kappa shape index (κ3) is 2.68. The molecule has 0 unspecified atom stereocenters. The molecule has 0 aromatic rings. The minimum absolute atomic E-state index is 0.333. The summed E-state index contributed by atoms with van der Waals surface area (Å²) in [5, 5.41) is 0. The van der Waals surface area contributed by atoms with E-state index in [0.29, 0.717) is 24.0 Å². The summed E-state index contributed by atoms with van der Waals surface area (Å²) in [6.45, 7) is 10.1. The van der Waals surface area contributed by atoms with Crippen molar-refractivity contribution in [3.05, 3.63) is 36.0 Å². The lowest BCUT2D eigenvalue weighted by Gasteiger charge is -2.14. The predicted octanol–water partition coefficient (Wildman–Crippen LogP) is 3.68. The topological polar surface area (TPSA) is 17.1 Å². The summed E-state index contributed by atoms with van der Waals surface area (Å²) in [6, 6.07) is 0. The molecule has 1 aliphatic carbocycles. The SMILES string of the molecule is C=C/C=C\CC1=C(C)[C@@H](C(C)C)CC1=O. The molecule has 1 heteroatoms. The molecule has 0 amide bonds. The van der Waals surface area contributed by atoms with E-state index in [9.17, 15) is 4.79 Å². The number of hydrogen-bond donors (Lipinski definition) is 0. The minimum Gasteiger partial charge on any atom is -0.295 e. The van der Waals surface area contributed by atoms with E-state index in [1.807, 2.05) is 12.2 Å². The Morgan fingerprint density at radius 1 is 1.53 bits per heavy atom. The Kier molecular flexibility index (Phi) is 4.07. The van der Waals surface area contributed by atoms with Gasteiger partial charge in [0, 0.05) is 6.42 Å². The highest BCUT2D eigenvalue weighted by molar-refractivity contribution is 5.99. The first kappa shape index (κ1) is 12.0. The number of Topliss-reactive ketones (excluding diaryl/α,β-unsaturated/α-hetero) is 1. The van der Waals surface area contributed by atoms with Gasteiger partial charge in [0.2, 0.25) is 0 Å². The Balaban J connectivity index is 2.80. The molecule has 0 aromatic carbocycles. The molecule has 0 bridgehead atoms. The normalized spacial score (nSPS) is 22.1. The molecule has 0 spiro atoms. The number of allylic oxidation sites excluding steroid dienone is 5. The first-order valence-corrected chi connectivity index (χ1v) is 5.58. The van der Waals surface area contributed by atoms with E-state index in [0.717, 1.165) is 12.0 Å². The summed E-state index contributed by atoms with van der Waals surface area (Å²) in [7, 11) is 0. The molecule has 1 atom stereocenters. The Hall–Kier alpha value is -1.11. The lowest BCUT2D eigenvalue weighted by molar-refractivity contribution is -0.115. The lowest BCUT2D eigenvalue weighted by atomic mass is 9.90. The van der Waals surface area contributed by atoms with Crippen LogP contribution >= 0.6 is 0 Å². The van der Waals surface area contributed by atoms with E-state index < -0.39 is 0 Å². The van der Waals surface area contributed by atoms with Crippen molar-refractivity contribution in [2.24, 2.45) is 11.8 Å². The van der Waals surface area contributed by atoms with Gasteiger partial charge in [0.05, 0.1) is 0 Å². The Morgan fingerprint density at radius 2 is 2.20 bits per heavy atom. The Morgan fingerprint density at radius 3 is 2.67 bits per heavy atom. The number of hydrogen-bond acceptors (Lipinski definition) is 1. The van der Waals surface area contributed by atoms with Crippen molar-refractivity contribution in [2.45, 2.75) is 33.6 Å². The van der Waals surface area contributed by atoms with Gasteiger partial charge in [-0.05, 0) is 30.8 Å². The average molecular weight is 204 g/mol. The smallest absolute Gasteiger partial charge is 0.159 e. The standard InChI is InChI=1S/C14H20O/c1-5-6-7-8-12-11(4)13(10(2)3)9-14(12)15/h5-7,10,13H,1,8-9H2,2-4H3/b7-6-/t13-/m1/s1. The molecular weight excluding hydrogens is 184 g/mol. The first-order valence-electron chi connectivity index (χ1n) is 5.58. The zero-order valence-electron chi connectivity index (χ0n) is 9.92. The van der Waals surface area contributed by atoms with Gasteiger partial charge in [-0.25, -0.2) is 0 Å². The van der Waals surface area contributed by atoms with Crippen LogP contribution in [0.3, 0.4) is 0 Å². The van der Waals surface area contributed by atoms with Crippen LogP contribution in [-0.4, -0.2) is 5.78 Å². The van der Waals surface area contributed by atoms with E-state index in [2.05, 4.69) is 27.4 Å². The minimum atomic E-state index is 0.333. The van der Waals surface area contributed by atoms with Crippen LogP contribution in [-0.2, 0) is 4.79 Å². The van der Waals surface area contributed by atoms with E-state index in [-0.39, 0.29) is 0 Å². The highest BCUT2D eigenvalue weighted by Crippen LogP contribution is 2.35. The second-order valence-electron chi connectivity index (χ2n) is 4.51. The molecule has 82 valence electrons. The van der Waals surface area contributed by atoms with Crippen molar-refractivity contribution in [1.82, 2.24) is 0 Å². The second kappa shape index (κ2) is 5.11. The van der Waals surface area contributed by atoms with Crippen LogP contribution in [0.5, 0.6) is 0 Å². The van der Waals surface area contributed by atoms with Crippen molar-refractivity contribution < 1.29 is 4.79 Å². The molecule has 0 saturated carbocycles. The maximum atomic E-state index is 11.8. The zero-order valence-corrected chi connectivity index (χ0v) is 9.92. The fraction of sp³-hybridized carbons (Fsp3) is 0.500. The maximum Gasteiger partial charge on any atom is 0.159 e. The number of carbonyl (C=O) groups excluding carboxylic acids is 1. The second-order valence-corrected chi connectivity index (χ2v) is 4.51. The van der Waals surface area contributed by atoms with Crippen LogP contribution in [0.2, 0.25) is 0 Å². The molecular formula is C14H20O. The first-order chi connectivity index (χ1) is 7.07. The third-order valence-corrected chi connectivity index (χ3v) is 3.17. The van der Waals surface area contributed by atoms with Gasteiger partial charge >= 0.3 is 0 Å². The maximum absolute atomic E-state index is 11.8. The van der Waals surface area contributed by atoms with Crippen molar-refractivity contribution in [2.75, 3.05) is 0 Å². The summed E-state index contributed by atoms with van der Waals surface area (Å²) in [5.74, 6) is 1.36. The highest BCUT2D eigenvalue weighted by Gasteiger charge is 2.30. The summed E-state index contributed by atoms with van der Waals surface area (Å²) in [5.41, 5.74) is 2.32. The number of carbonyl (C=O) groups is 1. The van der Waals surface area contributed by atoms with E-state index in [4.69, 9.17) is 0 Å². The molecule has 0 N–H and O–H groups in total. The lowest BCUT2D eigenvalue weighted by Crippen LogP contribution is -2.07. The average Bonchev–Trinajstić information content (AvgIpc) is 2.45. The van der Waals surface area contributed by atoms with Gasteiger partial charge in [0.1, 0.15) is 0 Å². The Bertz CT molecular complexity index is 318. The van der Waals surface area contributed by atoms with Gasteiger partial charge in [-0.1, -0.05) is 44.2 Å². The predicted molar refractivity (Wildman–Crippen MR) is 64.6 cm³/mol. The Labute approximate surface area is 92.6 Å². The van der Waals surface area contributed by atoms with Crippen LogP contribution in [0.15, 0.2) is 36.0 Å². The van der Waals surface area contributed by atoms with Crippen LogP contribution in [0.1, 0.15) is 33.6 Å². The molecule has 1 nitrogen and oxygen atoms in total. The van der Waals surface area contributed by atoms with Gasteiger partial charge < -0.3 is 0 Å². The van der Waals surface area contributed by atoms with E-state index in [1.54, 1.807) is 6.08 Å². The zero-order chi connectivity index (χ0) is 11.4. The number of ketones is 1. The van der Waals surface area contributed by atoms with Crippen LogP contribution in [0, 0.1) is 11.8 Å².